The number of aryl methyl sites for hydroxylation is 2. The molecule has 3 nitrogen and oxygen atoms in total. The second kappa shape index (κ2) is 4.78. The standard InChI is InChI=1S/C14H20N2O/c1-11-4-5-12(2)14(10-11)16-8-6-15(7-9-16)13(3)17/h4-5,10H,6-9H2,1-3H3. The van der Waals surface area contributed by atoms with Gasteiger partial charge in [-0.2, -0.15) is 0 Å². The van der Waals surface area contributed by atoms with Gasteiger partial charge in [-0.1, -0.05) is 12.1 Å². The molecule has 0 saturated carbocycles. The van der Waals surface area contributed by atoms with Gasteiger partial charge in [0.15, 0.2) is 0 Å². The van der Waals surface area contributed by atoms with E-state index in [0.29, 0.717) is 0 Å². The number of anilines is 1. The van der Waals surface area contributed by atoms with E-state index in [9.17, 15) is 4.79 Å². The highest BCUT2D eigenvalue weighted by atomic mass is 16.2. The van der Waals surface area contributed by atoms with Gasteiger partial charge in [-0.3, -0.25) is 4.79 Å². The molecule has 1 aromatic carbocycles. The largest absolute Gasteiger partial charge is 0.368 e. The minimum absolute atomic E-state index is 0.186. The molecule has 1 aliphatic heterocycles. The molecular weight excluding hydrogens is 212 g/mol. The molecular formula is C14H20N2O. The Bertz CT molecular complexity index is 420. The molecule has 2 rings (SSSR count). The number of carbonyl (C=O) groups excluding carboxylic acids is 1. The molecule has 1 heterocycles. The molecule has 17 heavy (non-hydrogen) atoms. The normalized spacial score (nSPS) is 16.2. The maximum atomic E-state index is 11.3. The predicted molar refractivity (Wildman–Crippen MR) is 70.4 cm³/mol. The number of benzene rings is 1. The topological polar surface area (TPSA) is 23.6 Å². The van der Waals surface area contributed by atoms with Crippen molar-refractivity contribution in [2.45, 2.75) is 20.8 Å². The first-order valence-electron chi connectivity index (χ1n) is 6.15. The number of carbonyl (C=O) groups is 1. The monoisotopic (exact) mass is 232 g/mol. The first-order valence-corrected chi connectivity index (χ1v) is 6.15. The second-order valence-corrected chi connectivity index (χ2v) is 4.78. The lowest BCUT2D eigenvalue weighted by molar-refractivity contribution is -0.129. The Morgan fingerprint density at radius 3 is 2.35 bits per heavy atom. The molecule has 0 aliphatic carbocycles. The smallest absolute Gasteiger partial charge is 0.219 e. The molecule has 1 fully saturated rings. The maximum Gasteiger partial charge on any atom is 0.219 e. The van der Waals surface area contributed by atoms with Crippen LogP contribution in [0.4, 0.5) is 5.69 Å². The highest BCUT2D eigenvalue weighted by molar-refractivity contribution is 5.73. The van der Waals surface area contributed by atoms with E-state index in [1.165, 1.54) is 16.8 Å². The average Bonchev–Trinajstić information content (AvgIpc) is 2.32. The van der Waals surface area contributed by atoms with Crippen LogP contribution in [0.1, 0.15) is 18.1 Å². The van der Waals surface area contributed by atoms with Crippen LogP contribution in [-0.2, 0) is 4.79 Å². The number of amides is 1. The van der Waals surface area contributed by atoms with Crippen LogP contribution < -0.4 is 4.90 Å². The SMILES string of the molecule is CC(=O)N1CCN(c2cc(C)ccc2C)CC1. The van der Waals surface area contributed by atoms with Crippen LogP contribution in [0, 0.1) is 13.8 Å². The van der Waals surface area contributed by atoms with Crippen molar-refractivity contribution in [3.8, 4) is 0 Å². The van der Waals surface area contributed by atoms with E-state index in [4.69, 9.17) is 0 Å². The number of rotatable bonds is 1. The molecule has 0 unspecified atom stereocenters. The van der Waals surface area contributed by atoms with E-state index >= 15 is 0 Å². The molecule has 1 amide bonds. The summed E-state index contributed by atoms with van der Waals surface area (Å²) in [6.07, 6.45) is 0. The van der Waals surface area contributed by atoms with Crippen molar-refractivity contribution < 1.29 is 4.79 Å². The number of hydrogen-bond acceptors (Lipinski definition) is 2. The number of hydrogen-bond donors (Lipinski definition) is 0. The summed E-state index contributed by atoms with van der Waals surface area (Å²) in [6, 6.07) is 6.55. The molecule has 0 atom stereocenters. The van der Waals surface area contributed by atoms with Crippen LogP contribution in [0.3, 0.4) is 0 Å². The molecule has 0 aromatic heterocycles. The zero-order chi connectivity index (χ0) is 12.4. The molecule has 92 valence electrons. The van der Waals surface area contributed by atoms with E-state index in [0.717, 1.165) is 26.2 Å². The maximum absolute atomic E-state index is 11.3. The molecule has 1 aromatic rings. The Morgan fingerprint density at radius 2 is 1.76 bits per heavy atom. The van der Waals surface area contributed by atoms with Gasteiger partial charge in [-0.25, -0.2) is 0 Å². The summed E-state index contributed by atoms with van der Waals surface area (Å²) in [5.74, 6) is 0.186. The van der Waals surface area contributed by atoms with Gasteiger partial charge >= 0.3 is 0 Å². The van der Waals surface area contributed by atoms with Crippen LogP contribution in [0.2, 0.25) is 0 Å². The summed E-state index contributed by atoms with van der Waals surface area (Å²) >= 11 is 0. The Morgan fingerprint density at radius 1 is 1.12 bits per heavy atom. The van der Waals surface area contributed by atoms with Gasteiger partial charge in [-0.15, -0.1) is 0 Å². The van der Waals surface area contributed by atoms with Crippen LogP contribution in [-0.4, -0.2) is 37.0 Å². The van der Waals surface area contributed by atoms with Crippen LogP contribution in [0.15, 0.2) is 18.2 Å². The van der Waals surface area contributed by atoms with Gasteiger partial charge in [0.05, 0.1) is 0 Å². The summed E-state index contributed by atoms with van der Waals surface area (Å²) < 4.78 is 0. The van der Waals surface area contributed by atoms with E-state index < -0.39 is 0 Å². The molecule has 0 spiro atoms. The van der Waals surface area contributed by atoms with E-state index in [-0.39, 0.29) is 5.91 Å². The van der Waals surface area contributed by atoms with Crippen LogP contribution in [0.25, 0.3) is 0 Å². The van der Waals surface area contributed by atoms with Gasteiger partial charge in [0, 0.05) is 38.8 Å². The first kappa shape index (κ1) is 12.0. The summed E-state index contributed by atoms with van der Waals surface area (Å²) in [4.78, 5) is 15.6. The summed E-state index contributed by atoms with van der Waals surface area (Å²) in [5, 5.41) is 0. The average molecular weight is 232 g/mol. The van der Waals surface area contributed by atoms with Crippen molar-refractivity contribution in [3.05, 3.63) is 29.3 Å². The van der Waals surface area contributed by atoms with Crippen molar-refractivity contribution in [2.75, 3.05) is 31.1 Å². The fourth-order valence-electron chi connectivity index (χ4n) is 2.32. The van der Waals surface area contributed by atoms with Crippen molar-refractivity contribution in [1.29, 1.82) is 0 Å². The predicted octanol–water partition coefficient (Wildman–Crippen LogP) is 1.97. The second-order valence-electron chi connectivity index (χ2n) is 4.78. The third-order valence-corrected chi connectivity index (χ3v) is 3.43. The molecule has 0 radical (unpaired) electrons. The van der Waals surface area contributed by atoms with Gasteiger partial charge < -0.3 is 9.80 Å². The summed E-state index contributed by atoms with van der Waals surface area (Å²) in [7, 11) is 0. The van der Waals surface area contributed by atoms with E-state index in [1.807, 2.05) is 4.90 Å². The fourth-order valence-corrected chi connectivity index (χ4v) is 2.32. The van der Waals surface area contributed by atoms with Crippen molar-refractivity contribution in [2.24, 2.45) is 0 Å². The molecule has 0 bridgehead atoms. The van der Waals surface area contributed by atoms with Crippen molar-refractivity contribution >= 4 is 11.6 Å². The Labute approximate surface area is 103 Å². The van der Waals surface area contributed by atoms with Crippen molar-refractivity contribution in [1.82, 2.24) is 4.90 Å². The summed E-state index contributed by atoms with van der Waals surface area (Å²) in [6.45, 7) is 9.45. The molecule has 1 saturated heterocycles. The van der Waals surface area contributed by atoms with E-state index in [2.05, 4.69) is 36.9 Å². The zero-order valence-corrected chi connectivity index (χ0v) is 10.9. The quantitative estimate of drug-likeness (QED) is 0.739. The minimum atomic E-state index is 0.186. The first-order chi connectivity index (χ1) is 8.08. The Balaban J connectivity index is 2.10. The highest BCUT2D eigenvalue weighted by Crippen LogP contribution is 2.22. The zero-order valence-electron chi connectivity index (χ0n) is 10.9. The van der Waals surface area contributed by atoms with Gasteiger partial charge in [0.1, 0.15) is 0 Å². The third-order valence-electron chi connectivity index (χ3n) is 3.43. The molecule has 1 aliphatic rings. The summed E-state index contributed by atoms with van der Waals surface area (Å²) in [5.41, 5.74) is 3.92. The number of nitrogens with zero attached hydrogens (tertiary/aromatic N) is 2. The van der Waals surface area contributed by atoms with Crippen LogP contribution in [0.5, 0.6) is 0 Å². The highest BCUT2D eigenvalue weighted by Gasteiger charge is 2.19. The third kappa shape index (κ3) is 2.60. The van der Waals surface area contributed by atoms with Gasteiger partial charge in [-0.05, 0) is 31.0 Å². The fraction of sp³-hybridized carbons (Fsp3) is 0.500. The lowest BCUT2D eigenvalue weighted by Gasteiger charge is -2.36. The molecule has 3 heteroatoms. The lowest BCUT2D eigenvalue weighted by atomic mass is 10.1. The lowest BCUT2D eigenvalue weighted by Crippen LogP contribution is -2.48. The van der Waals surface area contributed by atoms with Crippen molar-refractivity contribution in [3.63, 3.8) is 0 Å². The molecule has 0 N–H and O–H groups in total. The van der Waals surface area contributed by atoms with Crippen LogP contribution >= 0.6 is 0 Å². The van der Waals surface area contributed by atoms with E-state index in [1.54, 1.807) is 6.92 Å². The number of piperazine rings is 1. The Hall–Kier alpha value is -1.51. The van der Waals surface area contributed by atoms with Gasteiger partial charge in [0.25, 0.3) is 0 Å². The minimum Gasteiger partial charge on any atom is -0.368 e. The Kier molecular flexibility index (Phi) is 3.36. The van der Waals surface area contributed by atoms with Gasteiger partial charge in [0.2, 0.25) is 5.91 Å².